The molecule has 80 valence electrons. The maximum absolute atomic E-state index is 11.4. The maximum atomic E-state index is 11.4. The molecule has 1 aromatic rings. The molecule has 0 aliphatic carbocycles. The molecule has 0 heterocycles. The predicted octanol–water partition coefficient (Wildman–Crippen LogP) is 0.197. The first-order chi connectivity index (χ1) is 7.06. The molecule has 2 N–H and O–H groups in total. The van der Waals surface area contributed by atoms with Crippen LogP contribution in [0.4, 0.5) is 0 Å². The van der Waals surface area contributed by atoms with Gasteiger partial charge in [0.05, 0.1) is 12.2 Å². The molecule has 0 fully saturated rings. The molecule has 0 unspecified atom stereocenters. The molecule has 0 aromatic heterocycles. The van der Waals surface area contributed by atoms with Gasteiger partial charge in [0.15, 0.2) is 0 Å². The lowest BCUT2D eigenvalue weighted by atomic mass is 9.77. The molecule has 0 spiro atoms. The van der Waals surface area contributed by atoms with Crippen LogP contribution in [0, 0.1) is 0 Å². The van der Waals surface area contributed by atoms with Gasteiger partial charge >= 0.3 is 13.1 Å². The summed E-state index contributed by atoms with van der Waals surface area (Å²) in [7, 11) is -1.75. The fraction of sp³-hybridized carbons (Fsp3) is 0.222. The minimum absolute atomic E-state index is 0.0425. The van der Waals surface area contributed by atoms with Crippen LogP contribution in [0.25, 0.3) is 0 Å². The highest BCUT2D eigenvalue weighted by Gasteiger charge is 2.21. The van der Waals surface area contributed by atoms with Crippen LogP contribution in [0.1, 0.15) is 17.3 Å². The van der Waals surface area contributed by atoms with Crippen LogP contribution in [0.2, 0.25) is 5.02 Å². The van der Waals surface area contributed by atoms with E-state index in [1.165, 1.54) is 18.2 Å². The molecule has 1 rings (SSSR count). The number of carbonyl (C=O) groups excluding carboxylic acids is 1. The molecule has 15 heavy (non-hydrogen) atoms. The van der Waals surface area contributed by atoms with Gasteiger partial charge in [-0.05, 0) is 30.6 Å². The summed E-state index contributed by atoms with van der Waals surface area (Å²) >= 11 is 5.67. The van der Waals surface area contributed by atoms with E-state index in [1.54, 1.807) is 6.92 Å². The second-order valence-corrected chi connectivity index (χ2v) is 3.26. The van der Waals surface area contributed by atoms with Crippen molar-refractivity contribution < 1.29 is 19.6 Å². The van der Waals surface area contributed by atoms with Crippen molar-refractivity contribution in [2.45, 2.75) is 6.92 Å². The molecule has 1 aromatic carbocycles. The van der Waals surface area contributed by atoms with Crippen LogP contribution in [-0.2, 0) is 4.74 Å². The third-order valence-electron chi connectivity index (χ3n) is 1.79. The average Bonchev–Trinajstić information content (AvgIpc) is 2.17. The van der Waals surface area contributed by atoms with E-state index >= 15 is 0 Å². The van der Waals surface area contributed by atoms with Crippen molar-refractivity contribution in [3.63, 3.8) is 0 Å². The second kappa shape index (κ2) is 5.16. The van der Waals surface area contributed by atoms with Crippen LogP contribution in [0.5, 0.6) is 0 Å². The molecule has 0 radical (unpaired) electrons. The van der Waals surface area contributed by atoms with Crippen LogP contribution in [0.15, 0.2) is 18.2 Å². The molecule has 0 saturated heterocycles. The summed E-state index contributed by atoms with van der Waals surface area (Å²) in [5.41, 5.74) is 0.150. The molecular formula is C9H10BClO4. The van der Waals surface area contributed by atoms with Crippen molar-refractivity contribution >= 4 is 30.2 Å². The Morgan fingerprint density at radius 3 is 2.73 bits per heavy atom. The van der Waals surface area contributed by atoms with Gasteiger partial charge in [-0.25, -0.2) is 4.79 Å². The zero-order valence-electron chi connectivity index (χ0n) is 8.11. The number of ether oxygens (including phenoxy) is 1. The zero-order valence-corrected chi connectivity index (χ0v) is 8.86. The lowest BCUT2D eigenvalue weighted by molar-refractivity contribution is 0.0527. The van der Waals surface area contributed by atoms with Gasteiger partial charge < -0.3 is 14.8 Å². The number of halogens is 1. The van der Waals surface area contributed by atoms with Crippen molar-refractivity contribution in [1.29, 1.82) is 0 Å². The Bertz CT molecular complexity index is 367. The molecule has 0 amide bonds. The van der Waals surface area contributed by atoms with E-state index in [0.717, 1.165) is 0 Å². The lowest BCUT2D eigenvalue weighted by Crippen LogP contribution is -2.35. The van der Waals surface area contributed by atoms with Crippen LogP contribution in [0.3, 0.4) is 0 Å². The monoisotopic (exact) mass is 228 g/mol. The summed E-state index contributed by atoms with van der Waals surface area (Å²) in [5, 5.41) is 18.4. The first kappa shape index (κ1) is 12.0. The number of carbonyl (C=O) groups is 1. The van der Waals surface area contributed by atoms with Crippen molar-refractivity contribution in [3.05, 3.63) is 28.8 Å². The maximum Gasteiger partial charge on any atom is 0.489 e. The minimum atomic E-state index is -1.75. The molecule has 0 saturated carbocycles. The first-order valence-corrected chi connectivity index (χ1v) is 4.76. The Kier molecular flexibility index (Phi) is 4.14. The van der Waals surface area contributed by atoms with Crippen molar-refractivity contribution in [1.82, 2.24) is 0 Å². The SMILES string of the molecule is CCOC(=O)c1ccc(Cl)cc1B(O)O. The molecule has 0 aliphatic heterocycles. The highest BCUT2D eigenvalue weighted by molar-refractivity contribution is 6.60. The van der Waals surface area contributed by atoms with Crippen LogP contribution < -0.4 is 5.46 Å². The summed E-state index contributed by atoms with van der Waals surface area (Å²) in [6.07, 6.45) is 0. The number of esters is 1. The van der Waals surface area contributed by atoms with Gasteiger partial charge in [0.25, 0.3) is 0 Å². The van der Waals surface area contributed by atoms with Gasteiger partial charge in [0.2, 0.25) is 0 Å². The zero-order chi connectivity index (χ0) is 11.4. The number of hydrogen-bond acceptors (Lipinski definition) is 4. The summed E-state index contributed by atoms with van der Waals surface area (Å²) in [6.45, 7) is 1.89. The van der Waals surface area contributed by atoms with Crippen molar-refractivity contribution in [3.8, 4) is 0 Å². The highest BCUT2D eigenvalue weighted by Crippen LogP contribution is 2.09. The summed E-state index contributed by atoms with van der Waals surface area (Å²) in [4.78, 5) is 11.4. The largest absolute Gasteiger partial charge is 0.489 e. The molecule has 0 aliphatic rings. The molecule has 0 bridgehead atoms. The van der Waals surface area contributed by atoms with Crippen molar-refractivity contribution in [2.24, 2.45) is 0 Å². The van der Waals surface area contributed by atoms with Gasteiger partial charge in [-0.3, -0.25) is 0 Å². The molecule has 4 nitrogen and oxygen atoms in total. The third kappa shape index (κ3) is 2.96. The molecular weight excluding hydrogens is 218 g/mol. The Labute approximate surface area is 92.6 Å². The second-order valence-electron chi connectivity index (χ2n) is 2.83. The topological polar surface area (TPSA) is 66.8 Å². The molecule has 6 heteroatoms. The van der Waals surface area contributed by atoms with Crippen LogP contribution in [-0.4, -0.2) is 29.7 Å². The van der Waals surface area contributed by atoms with E-state index in [2.05, 4.69) is 0 Å². The van der Waals surface area contributed by atoms with Gasteiger partial charge in [-0.2, -0.15) is 0 Å². The Balaban J connectivity index is 3.11. The molecule has 0 atom stereocenters. The van der Waals surface area contributed by atoms with E-state index in [4.69, 9.17) is 26.4 Å². The number of hydrogen-bond donors (Lipinski definition) is 2. The fourth-order valence-electron chi connectivity index (χ4n) is 1.14. The van der Waals surface area contributed by atoms with Gasteiger partial charge in [-0.1, -0.05) is 11.6 Å². The summed E-state index contributed by atoms with van der Waals surface area (Å²) in [6, 6.07) is 4.20. The summed E-state index contributed by atoms with van der Waals surface area (Å²) in [5.74, 6) is -0.600. The van der Waals surface area contributed by atoms with E-state index in [-0.39, 0.29) is 17.6 Å². The predicted molar refractivity (Wildman–Crippen MR) is 57.2 cm³/mol. The summed E-state index contributed by atoms with van der Waals surface area (Å²) < 4.78 is 4.75. The minimum Gasteiger partial charge on any atom is -0.462 e. The smallest absolute Gasteiger partial charge is 0.462 e. The Hall–Kier alpha value is -1.04. The number of rotatable bonds is 3. The lowest BCUT2D eigenvalue weighted by Gasteiger charge is -2.08. The average molecular weight is 228 g/mol. The van der Waals surface area contributed by atoms with E-state index in [0.29, 0.717) is 5.02 Å². The number of benzene rings is 1. The Morgan fingerprint density at radius 1 is 1.53 bits per heavy atom. The van der Waals surface area contributed by atoms with E-state index < -0.39 is 13.1 Å². The van der Waals surface area contributed by atoms with Gasteiger partial charge in [-0.15, -0.1) is 0 Å². The van der Waals surface area contributed by atoms with Gasteiger partial charge in [0.1, 0.15) is 0 Å². The first-order valence-electron chi connectivity index (χ1n) is 4.39. The Morgan fingerprint density at radius 2 is 2.20 bits per heavy atom. The van der Waals surface area contributed by atoms with Gasteiger partial charge in [0, 0.05) is 5.02 Å². The quantitative estimate of drug-likeness (QED) is 0.573. The normalized spacial score (nSPS) is 9.87. The van der Waals surface area contributed by atoms with E-state index in [9.17, 15) is 4.79 Å². The fourth-order valence-corrected chi connectivity index (χ4v) is 1.32. The third-order valence-corrected chi connectivity index (χ3v) is 2.02. The highest BCUT2D eigenvalue weighted by atomic mass is 35.5. The van der Waals surface area contributed by atoms with E-state index in [1.807, 2.05) is 0 Å². The standard InChI is InChI=1S/C9H10BClO4/c1-2-15-9(12)7-4-3-6(11)5-8(7)10(13)14/h3-5,13-14H,2H2,1H3. The van der Waals surface area contributed by atoms with Crippen molar-refractivity contribution in [2.75, 3.05) is 6.61 Å². The van der Waals surface area contributed by atoms with Crippen LogP contribution >= 0.6 is 11.6 Å².